The summed E-state index contributed by atoms with van der Waals surface area (Å²) in [6.07, 6.45) is -12.3. The Morgan fingerprint density at radius 1 is 0.482 bits per heavy atom. The van der Waals surface area contributed by atoms with Crippen molar-refractivity contribution in [1.82, 2.24) is 16.0 Å². The van der Waals surface area contributed by atoms with Crippen LogP contribution in [-0.4, -0.2) is 315 Å². The van der Waals surface area contributed by atoms with E-state index in [2.05, 4.69) is 25.0 Å². The minimum atomic E-state index is -4.91. The van der Waals surface area contributed by atoms with Gasteiger partial charge >= 0.3 is 15.6 Å². The number of carbonyl (C=O) groups excluding carboxylic acids is 4. The Hall–Kier alpha value is -2.44. The fourth-order valence-electron chi connectivity index (χ4n) is 7.86. The number of phosphoric acid groups is 2. The number of nitrogens with one attached hydrogen (secondary N) is 3. The first-order chi connectivity index (χ1) is 39.6. The number of amides is 3. The highest BCUT2D eigenvalue weighted by atomic mass is 31.2. The molecule has 0 aromatic carbocycles. The third-order valence-electron chi connectivity index (χ3n) is 12.1. The summed E-state index contributed by atoms with van der Waals surface area (Å²) in [6, 6.07) is 0. The molecule has 35 nitrogen and oxygen atoms in total. The second kappa shape index (κ2) is 41.7. The average molecular weight is 1250 g/mol. The number of aliphatic hydroxyl groups excluding tert-OH is 5. The number of fused-ring (bicyclic) bond motifs is 1. The van der Waals surface area contributed by atoms with Crippen molar-refractivity contribution in [2.45, 2.75) is 67.8 Å². The molecule has 0 aromatic rings. The number of ether oxygens (including phenoxy) is 14. The molecule has 1 aliphatic carbocycles. The van der Waals surface area contributed by atoms with Gasteiger partial charge in [0.1, 0.15) is 30.3 Å². The van der Waals surface area contributed by atoms with E-state index in [-0.39, 0.29) is 138 Å². The SMILES string of the molecule is BC(=O)CCOCCOCCOCCOCCNC(=O)CC(C(=O)NCCOCCOCCOCCOC1OC(COP(=O)(O)O)C(O)C(O)C1O)C(=O)NCCOCCOCCOCCOC1OC2(O)C(COP(=O)(O)O)C(O)C(O)C12. The standard InChI is InChI=1S/C45H84BN3O32P2/c46-33(50)1-5-66-9-13-70-17-18-71-14-10-67-6-2-47-34(51)27-30(42(58)49-4-8-69-12-16-73-20-22-75-24-26-77-44-40(56)39(55)37(53)32(80-44)29-79-83(63,64)65)41(57)48-3-7-68-11-15-72-19-21-74-23-25-76-43-35-38(54)36(52)31(45(35,59)81-43)28-78-82(60,61)62/h30-32,35-40,43-44,52-56,59H,1-29,46H2,(H,47,51)(H,48,57)(H,49,58)(H2,60,61,62)(H2,63,64,65). The molecule has 0 radical (unpaired) electrons. The number of carbonyl (C=O) groups is 4. The van der Waals surface area contributed by atoms with E-state index >= 15 is 0 Å². The summed E-state index contributed by atoms with van der Waals surface area (Å²) in [5, 5.41) is 69.4. The van der Waals surface area contributed by atoms with E-state index in [0.717, 1.165) is 0 Å². The van der Waals surface area contributed by atoms with Gasteiger partial charge in [-0.2, -0.15) is 0 Å². The van der Waals surface area contributed by atoms with E-state index in [1.165, 1.54) is 7.85 Å². The van der Waals surface area contributed by atoms with Crippen molar-refractivity contribution in [3.8, 4) is 0 Å². The molecule has 3 fully saturated rings. The fourth-order valence-corrected chi connectivity index (χ4v) is 8.56. The summed E-state index contributed by atoms with van der Waals surface area (Å²) in [5.41, 5.74) is 0.0507. The predicted octanol–water partition coefficient (Wildman–Crippen LogP) is -7.87. The topological polar surface area (TPSA) is 488 Å². The molecule has 12 unspecified atom stereocenters. The third kappa shape index (κ3) is 30.9. The summed E-state index contributed by atoms with van der Waals surface area (Å²) >= 11 is 0. The molecule has 38 heteroatoms. The number of hydrogen-bond donors (Lipinski definition) is 13. The molecular formula is C45H84BN3O32P2. The van der Waals surface area contributed by atoms with Crippen molar-refractivity contribution in [2.75, 3.05) is 178 Å². The van der Waals surface area contributed by atoms with Gasteiger partial charge in [0.2, 0.25) is 17.7 Å². The maximum atomic E-state index is 13.2. The number of hydrogen-bond acceptors (Lipinski definition) is 28. The van der Waals surface area contributed by atoms with Gasteiger partial charge in [-0.3, -0.25) is 23.4 Å². The maximum Gasteiger partial charge on any atom is 0.469 e. The van der Waals surface area contributed by atoms with Crippen LogP contribution < -0.4 is 16.0 Å². The highest BCUT2D eigenvalue weighted by Crippen LogP contribution is 2.54. The van der Waals surface area contributed by atoms with E-state index in [0.29, 0.717) is 39.5 Å². The molecule has 3 rings (SSSR count). The van der Waals surface area contributed by atoms with Gasteiger partial charge in [0, 0.05) is 32.5 Å². The van der Waals surface area contributed by atoms with Crippen molar-refractivity contribution >= 4 is 46.9 Å². The van der Waals surface area contributed by atoms with Crippen LogP contribution in [0, 0.1) is 17.8 Å². The minimum absolute atomic E-state index is 0.00177. The summed E-state index contributed by atoms with van der Waals surface area (Å²) in [7, 11) is -8.31. The first-order valence-electron chi connectivity index (χ1n) is 26.7. The van der Waals surface area contributed by atoms with Gasteiger partial charge in [-0.05, 0) is 0 Å². The van der Waals surface area contributed by atoms with Gasteiger partial charge in [0.15, 0.2) is 26.2 Å². The van der Waals surface area contributed by atoms with Crippen molar-refractivity contribution in [3.05, 3.63) is 0 Å². The largest absolute Gasteiger partial charge is 0.469 e. The summed E-state index contributed by atoms with van der Waals surface area (Å²) in [5.74, 6) is -8.01. The lowest BCUT2D eigenvalue weighted by molar-refractivity contribution is -0.438. The molecule has 2 heterocycles. The second-order valence-electron chi connectivity index (χ2n) is 18.4. The lowest BCUT2D eigenvalue weighted by atomic mass is 9.89. The minimum Gasteiger partial charge on any atom is -0.390 e. The van der Waals surface area contributed by atoms with Crippen LogP contribution in [0.3, 0.4) is 0 Å². The Labute approximate surface area is 479 Å². The lowest BCUT2D eigenvalue weighted by Gasteiger charge is -2.49. The van der Waals surface area contributed by atoms with Crippen molar-refractivity contribution in [1.29, 1.82) is 0 Å². The van der Waals surface area contributed by atoms with Crippen LogP contribution in [0.25, 0.3) is 0 Å². The second-order valence-corrected chi connectivity index (χ2v) is 20.9. The highest BCUT2D eigenvalue weighted by molar-refractivity contribution is 7.46. The predicted molar refractivity (Wildman–Crippen MR) is 277 cm³/mol. The van der Waals surface area contributed by atoms with Crippen molar-refractivity contribution < 1.29 is 154 Å². The molecular weight excluding hydrogens is 1170 g/mol. The molecule has 0 spiro atoms. The number of aliphatic hydroxyl groups is 6. The maximum absolute atomic E-state index is 13.2. The Kier molecular flexibility index (Phi) is 37.6. The average Bonchev–Trinajstić information content (AvgIpc) is 3.82. The molecule has 484 valence electrons. The molecule has 3 amide bonds. The van der Waals surface area contributed by atoms with E-state index in [1.807, 2.05) is 0 Å². The van der Waals surface area contributed by atoms with Crippen LogP contribution in [0.4, 0.5) is 0 Å². The van der Waals surface area contributed by atoms with Crippen molar-refractivity contribution in [2.24, 2.45) is 17.8 Å². The van der Waals surface area contributed by atoms with E-state index in [9.17, 15) is 58.9 Å². The van der Waals surface area contributed by atoms with Crippen LogP contribution in [0.2, 0.25) is 0 Å². The summed E-state index contributed by atoms with van der Waals surface area (Å²) in [4.78, 5) is 85.9. The Morgan fingerprint density at radius 3 is 1.30 bits per heavy atom. The number of phosphoric ester groups is 2. The smallest absolute Gasteiger partial charge is 0.390 e. The zero-order valence-electron chi connectivity index (χ0n) is 46.2. The normalized spacial score (nSPS) is 25.6. The first-order valence-corrected chi connectivity index (χ1v) is 29.8. The molecule has 0 bridgehead atoms. The lowest BCUT2D eigenvalue weighted by Crippen LogP contribution is -2.64. The summed E-state index contributed by atoms with van der Waals surface area (Å²) < 4.78 is 106. The fraction of sp³-hybridized carbons (Fsp3) is 0.911. The van der Waals surface area contributed by atoms with Crippen LogP contribution in [-0.2, 0) is 104 Å². The monoisotopic (exact) mass is 1250 g/mol. The van der Waals surface area contributed by atoms with Crippen LogP contribution in [0.5, 0.6) is 0 Å². The van der Waals surface area contributed by atoms with Gasteiger partial charge in [-0.1, -0.05) is 0 Å². The highest BCUT2D eigenvalue weighted by Gasteiger charge is 2.71. The van der Waals surface area contributed by atoms with E-state index in [4.69, 9.17) is 85.9 Å². The van der Waals surface area contributed by atoms with Gasteiger partial charge in [0.25, 0.3) is 0 Å². The molecule has 3 aliphatic rings. The zero-order valence-corrected chi connectivity index (χ0v) is 48.0. The van der Waals surface area contributed by atoms with E-state index in [1.54, 1.807) is 0 Å². The molecule has 1 saturated carbocycles. The van der Waals surface area contributed by atoms with E-state index < -0.39 is 126 Å². The summed E-state index contributed by atoms with van der Waals surface area (Å²) in [6.45, 7) is 2.02. The van der Waals surface area contributed by atoms with Gasteiger partial charge in [-0.15, -0.1) is 0 Å². The molecule has 83 heavy (non-hydrogen) atoms. The zero-order chi connectivity index (χ0) is 61.1. The molecule has 2 aliphatic heterocycles. The Bertz CT molecular complexity index is 1920. The van der Waals surface area contributed by atoms with Crippen LogP contribution in [0.15, 0.2) is 0 Å². The molecule has 13 N–H and O–H groups in total. The van der Waals surface area contributed by atoms with Crippen LogP contribution >= 0.6 is 15.6 Å². The van der Waals surface area contributed by atoms with Gasteiger partial charge in [0.05, 0.1) is 188 Å². The molecule has 12 atom stereocenters. The molecule has 0 aromatic heterocycles. The Morgan fingerprint density at radius 2 is 0.867 bits per heavy atom. The first kappa shape index (κ1) is 74.8. The van der Waals surface area contributed by atoms with Crippen LogP contribution in [0.1, 0.15) is 12.8 Å². The number of rotatable bonds is 51. The molecule has 2 saturated heterocycles. The van der Waals surface area contributed by atoms with Gasteiger partial charge < -0.3 is 137 Å². The quantitative estimate of drug-likeness (QED) is 0.0116. The van der Waals surface area contributed by atoms with Crippen molar-refractivity contribution in [3.63, 3.8) is 0 Å². The third-order valence-corrected chi connectivity index (χ3v) is 13.1. The van der Waals surface area contributed by atoms with Gasteiger partial charge in [-0.25, -0.2) is 9.13 Å². The Balaban J connectivity index is 1.26.